The number of allylic oxidation sites excluding steroid dienone is 1. The molecular weight excluding hydrogens is 304 g/mol. The van der Waals surface area contributed by atoms with Gasteiger partial charge in [-0.05, 0) is 29.7 Å². The highest BCUT2D eigenvalue weighted by atomic mass is 32.1. The molecule has 114 valence electrons. The molecule has 1 aromatic heterocycles. The van der Waals surface area contributed by atoms with E-state index >= 15 is 0 Å². The maximum absolute atomic E-state index is 12.3. The van der Waals surface area contributed by atoms with Crippen molar-refractivity contribution in [2.24, 2.45) is 0 Å². The minimum Gasteiger partial charge on any atom is -0.496 e. The number of benzene rings is 1. The lowest BCUT2D eigenvalue weighted by Crippen LogP contribution is -2.06. The van der Waals surface area contributed by atoms with Crippen molar-refractivity contribution in [1.82, 2.24) is 0 Å². The molecule has 0 unspecified atom stereocenters. The average Bonchev–Trinajstić information content (AvgIpc) is 3.04. The van der Waals surface area contributed by atoms with Crippen molar-refractivity contribution in [1.29, 1.82) is 0 Å². The molecule has 2 rings (SSSR count). The Balaban J connectivity index is 2.42. The Kier molecular flexibility index (Phi) is 4.95. The molecular formula is C16H14O5S. The first kappa shape index (κ1) is 15.8. The van der Waals surface area contributed by atoms with Gasteiger partial charge in [0.2, 0.25) is 0 Å². The molecule has 0 amide bonds. The monoisotopic (exact) mass is 318 g/mol. The van der Waals surface area contributed by atoms with E-state index in [2.05, 4.69) is 0 Å². The quantitative estimate of drug-likeness (QED) is 0.653. The zero-order chi connectivity index (χ0) is 16.1. The van der Waals surface area contributed by atoms with Crippen molar-refractivity contribution in [2.75, 3.05) is 14.2 Å². The summed E-state index contributed by atoms with van der Waals surface area (Å²) in [5, 5.41) is 11.1. The minimum atomic E-state index is -1.17. The van der Waals surface area contributed by atoms with Crippen LogP contribution in [0.2, 0.25) is 0 Å². The number of aromatic carboxylic acids is 1. The predicted molar refractivity (Wildman–Crippen MR) is 84.2 cm³/mol. The smallest absolute Gasteiger partial charge is 0.339 e. The van der Waals surface area contributed by atoms with Gasteiger partial charge in [-0.2, -0.15) is 0 Å². The lowest BCUT2D eigenvalue weighted by atomic mass is 10.0. The first-order chi connectivity index (χ1) is 10.6. The summed E-state index contributed by atoms with van der Waals surface area (Å²) in [6.45, 7) is 0. The molecule has 0 bridgehead atoms. The van der Waals surface area contributed by atoms with Crippen molar-refractivity contribution < 1.29 is 24.2 Å². The van der Waals surface area contributed by atoms with Gasteiger partial charge in [0, 0.05) is 10.9 Å². The Bertz CT molecular complexity index is 716. The maximum Gasteiger partial charge on any atom is 0.339 e. The van der Waals surface area contributed by atoms with Crippen LogP contribution in [-0.4, -0.2) is 31.1 Å². The number of methoxy groups -OCH3 is 2. The number of carbonyl (C=O) groups is 2. The summed E-state index contributed by atoms with van der Waals surface area (Å²) in [5.41, 5.74) is 0.0877. The molecule has 22 heavy (non-hydrogen) atoms. The van der Waals surface area contributed by atoms with E-state index < -0.39 is 5.97 Å². The maximum atomic E-state index is 12.3. The number of carboxylic acids is 1. The van der Waals surface area contributed by atoms with Crippen molar-refractivity contribution in [3.8, 4) is 11.5 Å². The number of rotatable bonds is 6. The van der Waals surface area contributed by atoms with Gasteiger partial charge in [-0.1, -0.05) is 6.07 Å². The Morgan fingerprint density at radius 1 is 1.14 bits per heavy atom. The van der Waals surface area contributed by atoms with E-state index in [1.807, 2.05) is 17.5 Å². The van der Waals surface area contributed by atoms with Gasteiger partial charge in [-0.15, -0.1) is 11.3 Å². The Morgan fingerprint density at radius 3 is 2.36 bits per heavy atom. The van der Waals surface area contributed by atoms with E-state index in [1.165, 1.54) is 43.8 Å². The van der Waals surface area contributed by atoms with Gasteiger partial charge in [-0.3, -0.25) is 4.79 Å². The third kappa shape index (κ3) is 3.35. The largest absolute Gasteiger partial charge is 0.496 e. The number of ether oxygens (including phenoxy) is 2. The third-order valence-corrected chi connectivity index (χ3v) is 3.80. The summed E-state index contributed by atoms with van der Waals surface area (Å²) in [5.74, 6) is -1.10. The second-order valence-corrected chi connectivity index (χ2v) is 5.25. The van der Waals surface area contributed by atoms with Crippen LogP contribution in [0.5, 0.6) is 11.5 Å². The number of carbonyl (C=O) groups excluding carboxylic acids is 1. The molecule has 1 aromatic carbocycles. The van der Waals surface area contributed by atoms with Crippen LogP contribution in [0, 0.1) is 0 Å². The molecule has 0 fully saturated rings. The summed E-state index contributed by atoms with van der Waals surface area (Å²) < 4.78 is 10.2. The number of hydrogen-bond acceptors (Lipinski definition) is 5. The van der Waals surface area contributed by atoms with E-state index in [0.717, 1.165) is 4.88 Å². The summed E-state index contributed by atoms with van der Waals surface area (Å²) >= 11 is 1.50. The molecule has 0 saturated heterocycles. The van der Waals surface area contributed by atoms with Gasteiger partial charge in [-0.25, -0.2) is 4.79 Å². The van der Waals surface area contributed by atoms with Crippen LogP contribution in [0.1, 0.15) is 25.6 Å². The van der Waals surface area contributed by atoms with Crippen LogP contribution in [0.3, 0.4) is 0 Å². The van der Waals surface area contributed by atoms with Gasteiger partial charge in [0.05, 0.1) is 19.8 Å². The van der Waals surface area contributed by atoms with Crippen molar-refractivity contribution in [2.45, 2.75) is 0 Å². The fourth-order valence-corrected chi connectivity index (χ4v) is 2.51. The zero-order valence-corrected chi connectivity index (χ0v) is 12.8. The second-order valence-electron chi connectivity index (χ2n) is 4.27. The van der Waals surface area contributed by atoms with E-state index in [1.54, 1.807) is 6.08 Å². The van der Waals surface area contributed by atoms with Gasteiger partial charge in [0.1, 0.15) is 17.1 Å². The third-order valence-electron chi connectivity index (χ3n) is 2.96. The van der Waals surface area contributed by atoms with Gasteiger partial charge < -0.3 is 14.6 Å². The molecule has 0 aliphatic carbocycles. The molecule has 0 spiro atoms. The summed E-state index contributed by atoms with van der Waals surface area (Å²) in [6.07, 6.45) is 3.07. The van der Waals surface area contributed by atoms with Crippen molar-refractivity contribution in [3.63, 3.8) is 0 Å². The van der Waals surface area contributed by atoms with Crippen LogP contribution < -0.4 is 9.47 Å². The summed E-state index contributed by atoms with van der Waals surface area (Å²) in [7, 11) is 2.77. The highest BCUT2D eigenvalue weighted by molar-refractivity contribution is 7.10. The molecule has 1 N–H and O–H groups in total. The molecule has 0 saturated carbocycles. The molecule has 0 aliphatic rings. The number of thiophene rings is 1. The van der Waals surface area contributed by atoms with Crippen LogP contribution in [0.15, 0.2) is 35.7 Å². The van der Waals surface area contributed by atoms with E-state index in [-0.39, 0.29) is 28.4 Å². The fourth-order valence-electron chi connectivity index (χ4n) is 1.89. The van der Waals surface area contributed by atoms with Crippen molar-refractivity contribution in [3.05, 3.63) is 51.7 Å². The molecule has 2 aromatic rings. The molecule has 5 nitrogen and oxygen atoms in total. The zero-order valence-electron chi connectivity index (χ0n) is 12.0. The minimum absolute atomic E-state index is 0.0869. The second kappa shape index (κ2) is 6.91. The first-order valence-electron chi connectivity index (χ1n) is 6.32. The normalized spacial score (nSPS) is 10.6. The number of ketones is 1. The summed E-state index contributed by atoms with van der Waals surface area (Å²) in [6, 6.07) is 6.42. The van der Waals surface area contributed by atoms with Crippen LogP contribution in [0.4, 0.5) is 0 Å². The highest BCUT2D eigenvalue weighted by Crippen LogP contribution is 2.30. The molecule has 6 heteroatoms. The van der Waals surface area contributed by atoms with Crippen molar-refractivity contribution >= 4 is 29.2 Å². The Hall–Kier alpha value is -2.60. The van der Waals surface area contributed by atoms with E-state index in [0.29, 0.717) is 0 Å². The highest BCUT2D eigenvalue weighted by Gasteiger charge is 2.19. The van der Waals surface area contributed by atoms with E-state index in [4.69, 9.17) is 9.47 Å². The first-order valence-corrected chi connectivity index (χ1v) is 7.20. The van der Waals surface area contributed by atoms with Gasteiger partial charge in [0.15, 0.2) is 5.78 Å². The average molecular weight is 318 g/mol. The topological polar surface area (TPSA) is 72.8 Å². The van der Waals surface area contributed by atoms with Crippen LogP contribution in [0.25, 0.3) is 6.08 Å². The van der Waals surface area contributed by atoms with Crippen LogP contribution in [-0.2, 0) is 0 Å². The number of hydrogen-bond donors (Lipinski definition) is 1. The molecule has 0 aliphatic heterocycles. The molecule has 0 atom stereocenters. The van der Waals surface area contributed by atoms with Gasteiger partial charge in [0.25, 0.3) is 0 Å². The Morgan fingerprint density at radius 2 is 1.82 bits per heavy atom. The lowest BCUT2D eigenvalue weighted by molar-refractivity contribution is 0.0693. The summed E-state index contributed by atoms with van der Waals surface area (Å²) in [4.78, 5) is 24.5. The molecule has 1 heterocycles. The van der Waals surface area contributed by atoms with E-state index in [9.17, 15) is 14.7 Å². The van der Waals surface area contributed by atoms with Crippen LogP contribution >= 0.6 is 11.3 Å². The predicted octanol–water partition coefficient (Wildman–Crippen LogP) is 3.36. The Labute approximate surface area is 131 Å². The SMILES string of the molecule is COc1cc(OC)c(C(=O)/C=C/c2cccs2)cc1C(=O)O. The standard InChI is InChI=1S/C16H14O5S/c1-20-14-9-15(21-2)12(16(18)19)8-11(14)13(17)6-5-10-4-3-7-22-10/h3-9H,1-2H3,(H,18,19)/b6-5+. The fraction of sp³-hybridized carbons (Fsp3) is 0.125. The van der Waals surface area contributed by atoms with Gasteiger partial charge >= 0.3 is 5.97 Å². The number of carboxylic acid groups (broad SMARTS) is 1. The molecule has 0 radical (unpaired) electrons. The lowest BCUT2D eigenvalue weighted by Gasteiger charge is -2.11.